The summed E-state index contributed by atoms with van der Waals surface area (Å²) in [5.41, 5.74) is 1.35. The predicted molar refractivity (Wildman–Crippen MR) is 144 cm³/mol. The van der Waals surface area contributed by atoms with Gasteiger partial charge in [0.25, 0.3) is 5.91 Å². The van der Waals surface area contributed by atoms with Crippen LogP contribution in [0.3, 0.4) is 0 Å². The zero-order valence-electron chi connectivity index (χ0n) is 23.2. The summed E-state index contributed by atoms with van der Waals surface area (Å²) >= 11 is 0. The lowest BCUT2D eigenvalue weighted by Gasteiger charge is -2.32. The van der Waals surface area contributed by atoms with Gasteiger partial charge in [0.15, 0.2) is 0 Å². The van der Waals surface area contributed by atoms with E-state index in [4.69, 9.17) is 4.74 Å². The van der Waals surface area contributed by atoms with Crippen molar-refractivity contribution in [3.63, 3.8) is 0 Å². The lowest BCUT2D eigenvalue weighted by Crippen LogP contribution is -2.49. The number of alkyl halides is 3. The fraction of sp³-hybridized carbons (Fsp3) is 0.536. The number of nitrogens with one attached hydrogen (secondary N) is 3. The first kappa shape index (κ1) is 30.2. The van der Waals surface area contributed by atoms with Crippen LogP contribution in [0.2, 0.25) is 0 Å². The summed E-state index contributed by atoms with van der Waals surface area (Å²) in [6, 6.07) is 1.98. The minimum absolute atomic E-state index is 0.0717. The fourth-order valence-corrected chi connectivity index (χ4v) is 5.41. The van der Waals surface area contributed by atoms with Crippen molar-refractivity contribution in [3.8, 4) is 0 Å². The molecule has 3 N–H and O–H groups in total. The third-order valence-electron chi connectivity index (χ3n) is 7.78. The maximum atomic E-state index is 13.6. The molecule has 3 heterocycles. The van der Waals surface area contributed by atoms with Crippen molar-refractivity contribution in [2.45, 2.75) is 63.8 Å². The van der Waals surface area contributed by atoms with E-state index in [2.05, 4.69) is 27.5 Å². The normalized spacial score (nSPS) is 22.5. The average Bonchev–Trinajstić information content (AvgIpc) is 3.33. The van der Waals surface area contributed by atoms with E-state index in [9.17, 15) is 27.6 Å². The predicted octanol–water partition coefficient (Wildman–Crippen LogP) is 3.99. The molecule has 2 aromatic rings. The Morgan fingerprint density at radius 3 is 2.54 bits per heavy atom. The van der Waals surface area contributed by atoms with E-state index in [0.717, 1.165) is 30.6 Å². The molecule has 222 valence electrons. The van der Waals surface area contributed by atoms with Crippen LogP contribution in [0.5, 0.6) is 0 Å². The Bertz CT molecular complexity index is 1250. The number of nitrogens with zero attached hydrogens (tertiary/aromatic N) is 3. The molecule has 1 saturated carbocycles. The Morgan fingerprint density at radius 1 is 1.17 bits per heavy atom. The highest BCUT2D eigenvalue weighted by Crippen LogP contribution is 2.32. The molecule has 4 rings (SSSR count). The van der Waals surface area contributed by atoms with Gasteiger partial charge in [0, 0.05) is 19.5 Å². The molecule has 2 aliphatic rings. The number of rotatable bonds is 9. The third kappa shape index (κ3) is 7.32. The van der Waals surface area contributed by atoms with Crippen molar-refractivity contribution >= 4 is 23.7 Å². The number of carbonyl (C=O) groups excluding carboxylic acids is 3. The zero-order valence-corrected chi connectivity index (χ0v) is 23.2. The van der Waals surface area contributed by atoms with Crippen molar-refractivity contribution in [3.05, 3.63) is 53.5 Å². The number of carbonyl (C=O) groups is 3. The van der Waals surface area contributed by atoms with Crippen LogP contribution in [0.15, 0.2) is 36.7 Å². The molecule has 4 amide bonds. The van der Waals surface area contributed by atoms with Gasteiger partial charge in [-0.2, -0.15) is 13.2 Å². The highest BCUT2D eigenvalue weighted by molar-refractivity contribution is 6.00. The summed E-state index contributed by atoms with van der Waals surface area (Å²) in [6.45, 7) is 3.27. The van der Waals surface area contributed by atoms with Crippen molar-refractivity contribution in [1.29, 1.82) is 0 Å². The van der Waals surface area contributed by atoms with E-state index in [1.54, 1.807) is 25.1 Å². The molecule has 0 aromatic carbocycles. The van der Waals surface area contributed by atoms with Crippen molar-refractivity contribution in [2.75, 3.05) is 25.6 Å². The van der Waals surface area contributed by atoms with Gasteiger partial charge in [-0.3, -0.25) is 14.6 Å². The summed E-state index contributed by atoms with van der Waals surface area (Å²) in [6.07, 6.45) is 1.69. The minimum atomic E-state index is -4.59. The highest BCUT2D eigenvalue weighted by Gasteiger charge is 2.48. The van der Waals surface area contributed by atoms with Gasteiger partial charge in [-0.15, -0.1) is 0 Å². The van der Waals surface area contributed by atoms with Gasteiger partial charge in [0.1, 0.15) is 23.6 Å². The number of pyridine rings is 2. The average molecular weight is 577 g/mol. The van der Waals surface area contributed by atoms with Crippen LogP contribution in [0, 0.1) is 18.8 Å². The number of anilines is 1. The molecule has 2 aromatic heterocycles. The third-order valence-corrected chi connectivity index (χ3v) is 7.78. The first-order valence-electron chi connectivity index (χ1n) is 13.6. The molecule has 1 saturated heterocycles. The maximum absolute atomic E-state index is 13.6. The van der Waals surface area contributed by atoms with Gasteiger partial charge < -0.3 is 25.6 Å². The summed E-state index contributed by atoms with van der Waals surface area (Å²) in [5.74, 6) is -0.354. The Hall–Kier alpha value is -3.74. The lowest BCUT2D eigenvalue weighted by molar-refractivity contribution is -0.150. The molecule has 1 aliphatic heterocycles. The molecule has 0 radical (unpaired) electrons. The summed E-state index contributed by atoms with van der Waals surface area (Å²) in [5, 5.41) is 7.61. The van der Waals surface area contributed by atoms with Crippen molar-refractivity contribution < 1.29 is 32.3 Å². The fourth-order valence-electron chi connectivity index (χ4n) is 5.41. The number of halogens is 3. The second kappa shape index (κ2) is 12.8. The van der Waals surface area contributed by atoms with E-state index in [0.29, 0.717) is 17.0 Å². The zero-order chi connectivity index (χ0) is 29.7. The first-order chi connectivity index (χ1) is 19.5. The van der Waals surface area contributed by atoms with Crippen LogP contribution in [-0.4, -0.2) is 71.2 Å². The molecule has 2 fully saturated rings. The molecule has 10 nitrogen and oxygen atoms in total. The maximum Gasteiger partial charge on any atom is 0.410 e. The molecule has 41 heavy (non-hydrogen) atoms. The van der Waals surface area contributed by atoms with E-state index in [1.165, 1.54) is 25.6 Å². The minimum Gasteiger partial charge on any atom is -0.382 e. The van der Waals surface area contributed by atoms with Crippen molar-refractivity contribution in [2.24, 2.45) is 11.8 Å². The van der Waals surface area contributed by atoms with Crippen molar-refractivity contribution in [1.82, 2.24) is 25.5 Å². The van der Waals surface area contributed by atoms with Crippen LogP contribution >= 0.6 is 0 Å². The first-order valence-corrected chi connectivity index (χ1v) is 13.6. The quantitative estimate of drug-likeness (QED) is 0.415. The molecular formula is C28H35F3N6O4. The number of amides is 4. The smallest absolute Gasteiger partial charge is 0.382 e. The lowest BCUT2D eigenvalue weighted by atomic mass is 9.79. The molecule has 2 unspecified atom stereocenters. The van der Waals surface area contributed by atoms with Gasteiger partial charge in [0.05, 0.1) is 19.2 Å². The van der Waals surface area contributed by atoms with Crippen LogP contribution in [0.25, 0.3) is 0 Å². The standard InChI is InChI=1S/C28H35F3N6O4/c1-16-6-8-18(9-7-16)24(36-25(38)23-17(2)5-4-11-33-23)26(39)35-22-13-19(10-12-32-22)20(15-41-3)37-14-21(28(29,30)31)34-27(37)40/h4-5,10-13,16,18,20-21,24H,6-9,14-15H2,1-3H3,(H,34,40)(H,36,38)(H,32,35,39)/t16?,18?,20?,21-,24?/m0/s1. The molecule has 13 heteroatoms. The van der Waals surface area contributed by atoms with Crippen LogP contribution in [0.1, 0.15) is 60.3 Å². The number of hydrogen-bond acceptors (Lipinski definition) is 6. The Kier molecular flexibility index (Phi) is 9.46. The summed E-state index contributed by atoms with van der Waals surface area (Å²) in [4.78, 5) is 48.6. The number of urea groups is 1. The van der Waals surface area contributed by atoms with Gasteiger partial charge in [-0.1, -0.05) is 25.8 Å². The number of ether oxygens (including phenoxy) is 1. The number of aryl methyl sites for hydroxylation is 1. The SMILES string of the molecule is COCC(c1ccnc(NC(=O)C(NC(=O)c2ncccc2C)C2CCC(C)CC2)c1)N1C[C@@H](C(F)(F)F)NC1=O. The second-order valence-electron chi connectivity index (χ2n) is 10.8. The molecular weight excluding hydrogens is 541 g/mol. The van der Waals surface area contributed by atoms with Gasteiger partial charge in [-0.25, -0.2) is 9.78 Å². The van der Waals surface area contributed by atoms with Gasteiger partial charge in [0.2, 0.25) is 5.91 Å². The molecule has 3 atom stereocenters. The van der Waals surface area contributed by atoms with Crippen LogP contribution < -0.4 is 16.0 Å². The van der Waals surface area contributed by atoms with E-state index in [1.807, 2.05) is 5.32 Å². The highest BCUT2D eigenvalue weighted by atomic mass is 19.4. The van der Waals surface area contributed by atoms with Crippen LogP contribution in [-0.2, 0) is 9.53 Å². The summed E-state index contributed by atoms with van der Waals surface area (Å²) < 4.78 is 45.0. The topological polar surface area (TPSA) is 126 Å². The molecule has 1 aliphatic carbocycles. The Morgan fingerprint density at radius 2 is 1.90 bits per heavy atom. The Balaban J connectivity index is 1.54. The van der Waals surface area contributed by atoms with E-state index < -0.39 is 48.7 Å². The molecule has 0 bridgehead atoms. The van der Waals surface area contributed by atoms with Gasteiger partial charge >= 0.3 is 12.2 Å². The van der Waals surface area contributed by atoms with Crippen LogP contribution in [0.4, 0.5) is 23.8 Å². The second-order valence-corrected chi connectivity index (χ2v) is 10.8. The monoisotopic (exact) mass is 576 g/mol. The van der Waals surface area contributed by atoms with E-state index >= 15 is 0 Å². The van der Waals surface area contributed by atoms with Gasteiger partial charge in [-0.05, 0) is 60.9 Å². The largest absolute Gasteiger partial charge is 0.410 e. The Labute approximate surface area is 236 Å². The number of methoxy groups -OCH3 is 1. The van der Waals surface area contributed by atoms with E-state index in [-0.39, 0.29) is 24.0 Å². The number of hydrogen-bond donors (Lipinski definition) is 3. The summed E-state index contributed by atoms with van der Waals surface area (Å²) in [7, 11) is 1.38. The molecule has 0 spiro atoms. The number of aromatic nitrogens is 2.